The lowest BCUT2D eigenvalue weighted by Gasteiger charge is -2.32. The Morgan fingerprint density at radius 1 is 1.04 bits per heavy atom. The third-order valence-electron chi connectivity index (χ3n) is 5.37. The van der Waals surface area contributed by atoms with Gasteiger partial charge < -0.3 is 31.1 Å². The van der Waals surface area contributed by atoms with Gasteiger partial charge in [0, 0.05) is 13.1 Å². The molecule has 2 aliphatic heterocycles. The van der Waals surface area contributed by atoms with Crippen LogP contribution in [-0.2, 0) is 19.2 Å². The fraction of sp³-hybridized carbons (Fsp3) is 0.778. The van der Waals surface area contributed by atoms with E-state index in [2.05, 4.69) is 5.32 Å². The summed E-state index contributed by atoms with van der Waals surface area (Å²) in [6.45, 7) is 3.51. The predicted octanol–water partition coefficient (Wildman–Crippen LogP) is -2.35. The van der Waals surface area contributed by atoms with E-state index in [0.29, 0.717) is 38.8 Å². The molecule has 0 spiro atoms. The molecule has 1 radical (unpaired) electrons. The third kappa shape index (κ3) is 4.68. The number of hydrogen-bond acceptors (Lipinski definition) is 7. The molecule has 2 heterocycles. The molecular weight excluding hydrogens is 368 g/mol. The Labute approximate surface area is 164 Å². The molecule has 2 aliphatic rings. The molecule has 6 atom stereocenters. The molecule has 0 saturated carbocycles. The van der Waals surface area contributed by atoms with Crippen LogP contribution in [-0.4, -0.2) is 93.5 Å². The van der Waals surface area contributed by atoms with Gasteiger partial charge in [-0.2, -0.15) is 0 Å². The second kappa shape index (κ2) is 9.44. The van der Waals surface area contributed by atoms with E-state index >= 15 is 0 Å². The molecule has 2 saturated heterocycles. The van der Waals surface area contributed by atoms with Gasteiger partial charge in [0.25, 0.3) is 0 Å². The zero-order chi connectivity index (χ0) is 21.0. The van der Waals surface area contributed by atoms with Gasteiger partial charge in [0.15, 0.2) is 0 Å². The lowest BCUT2D eigenvalue weighted by Crippen LogP contribution is -2.57. The standard InChI is InChI=1S/C18H29N4O6/c1-10(24)12(9-23)20-16(26)13-5-3-7-21(13)17(27)14-6-4-8-22(14)18(28)15(19)11(2)25/h10-15,24-25H,3-8,19H2,1-2H3,(H,20,26)/t10-,11-,12-,13+,14+,15+/m1/s1. The Morgan fingerprint density at radius 2 is 1.61 bits per heavy atom. The van der Waals surface area contributed by atoms with E-state index in [9.17, 15) is 29.4 Å². The summed E-state index contributed by atoms with van der Waals surface area (Å²) >= 11 is 0. The zero-order valence-electron chi connectivity index (χ0n) is 16.2. The number of nitrogens with one attached hydrogen (secondary N) is 1. The van der Waals surface area contributed by atoms with Crippen LogP contribution < -0.4 is 11.1 Å². The predicted molar refractivity (Wildman–Crippen MR) is 98.4 cm³/mol. The number of amides is 3. The molecule has 0 aromatic carbocycles. The molecule has 0 bridgehead atoms. The van der Waals surface area contributed by atoms with Crippen LogP contribution in [0.2, 0.25) is 0 Å². The molecule has 28 heavy (non-hydrogen) atoms. The second-order valence-corrected chi connectivity index (χ2v) is 7.49. The van der Waals surface area contributed by atoms with Crippen LogP contribution in [0, 0.1) is 0 Å². The number of rotatable bonds is 7. The van der Waals surface area contributed by atoms with Crippen molar-refractivity contribution in [2.75, 3.05) is 13.1 Å². The highest BCUT2D eigenvalue weighted by Gasteiger charge is 2.43. The maximum absolute atomic E-state index is 13.1. The monoisotopic (exact) mass is 397 g/mol. The van der Waals surface area contributed by atoms with Gasteiger partial charge in [-0.25, -0.2) is 0 Å². The van der Waals surface area contributed by atoms with E-state index in [1.165, 1.54) is 23.6 Å². The number of likely N-dealkylation sites (tertiary alicyclic amines) is 2. The van der Waals surface area contributed by atoms with Gasteiger partial charge in [-0.05, 0) is 39.5 Å². The van der Waals surface area contributed by atoms with Crippen LogP contribution in [0.5, 0.6) is 0 Å². The summed E-state index contributed by atoms with van der Waals surface area (Å²) in [5, 5.41) is 21.5. The summed E-state index contributed by atoms with van der Waals surface area (Å²) in [6.07, 6.45) is 1.57. The van der Waals surface area contributed by atoms with Crippen molar-refractivity contribution < 1.29 is 29.4 Å². The quantitative estimate of drug-likeness (QED) is 0.375. The van der Waals surface area contributed by atoms with E-state index in [1.807, 2.05) is 0 Å². The number of carbonyl (C=O) groups is 3. The highest BCUT2D eigenvalue weighted by Crippen LogP contribution is 2.25. The van der Waals surface area contributed by atoms with Crippen LogP contribution in [0.15, 0.2) is 0 Å². The summed E-state index contributed by atoms with van der Waals surface area (Å²) in [5.74, 6) is -1.36. The lowest BCUT2D eigenvalue weighted by atomic mass is 10.1. The van der Waals surface area contributed by atoms with Crippen LogP contribution in [0.1, 0.15) is 39.5 Å². The first-order valence-electron chi connectivity index (χ1n) is 9.59. The molecule has 10 heteroatoms. The van der Waals surface area contributed by atoms with E-state index in [4.69, 9.17) is 5.73 Å². The fourth-order valence-corrected chi connectivity index (χ4v) is 3.68. The lowest BCUT2D eigenvalue weighted by molar-refractivity contribution is -0.148. The molecule has 0 aromatic rings. The van der Waals surface area contributed by atoms with Gasteiger partial charge in [0.2, 0.25) is 24.0 Å². The Morgan fingerprint density at radius 3 is 2.14 bits per heavy atom. The van der Waals surface area contributed by atoms with Crippen molar-refractivity contribution in [2.45, 2.75) is 75.9 Å². The van der Waals surface area contributed by atoms with Crippen molar-refractivity contribution in [1.82, 2.24) is 15.1 Å². The first-order valence-corrected chi connectivity index (χ1v) is 9.59. The molecule has 2 fully saturated rings. The highest BCUT2D eigenvalue weighted by molar-refractivity contribution is 5.94. The number of carbonyl (C=O) groups excluding carboxylic acids is 4. The maximum Gasteiger partial charge on any atom is 0.246 e. The van der Waals surface area contributed by atoms with E-state index in [1.54, 1.807) is 6.29 Å². The minimum atomic E-state index is -1.17. The van der Waals surface area contributed by atoms with Crippen molar-refractivity contribution in [3.63, 3.8) is 0 Å². The molecular formula is C18H29N4O6. The third-order valence-corrected chi connectivity index (χ3v) is 5.37. The largest absolute Gasteiger partial charge is 0.391 e. The van der Waals surface area contributed by atoms with E-state index in [-0.39, 0.29) is 5.91 Å². The van der Waals surface area contributed by atoms with Gasteiger partial charge in [0.05, 0.1) is 12.2 Å². The summed E-state index contributed by atoms with van der Waals surface area (Å²) in [6, 6.07) is -3.78. The number of nitrogens with two attached hydrogens (primary N) is 1. The van der Waals surface area contributed by atoms with Crippen molar-refractivity contribution >= 4 is 24.0 Å². The van der Waals surface area contributed by atoms with Gasteiger partial charge in [0.1, 0.15) is 24.2 Å². The minimum absolute atomic E-state index is 0.343. The average molecular weight is 397 g/mol. The van der Waals surface area contributed by atoms with Gasteiger partial charge in [-0.15, -0.1) is 0 Å². The normalized spacial score (nSPS) is 26.5. The number of aliphatic hydroxyl groups excluding tert-OH is 2. The first kappa shape index (κ1) is 22.3. The van der Waals surface area contributed by atoms with Crippen LogP contribution in [0.4, 0.5) is 0 Å². The van der Waals surface area contributed by atoms with Crippen molar-refractivity contribution in [3.8, 4) is 0 Å². The van der Waals surface area contributed by atoms with Crippen LogP contribution in [0.3, 0.4) is 0 Å². The van der Waals surface area contributed by atoms with E-state index < -0.39 is 48.2 Å². The molecule has 5 N–H and O–H groups in total. The smallest absolute Gasteiger partial charge is 0.246 e. The fourth-order valence-electron chi connectivity index (χ4n) is 3.68. The highest BCUT2D eigenvalue weighted by atomic mass is 16.3. The first-order chi connectivity index (χ1) is 13.2. The average Bonchev–Trinajstić information content (AvgIpc) is 3.32. The molecule has 10 nitrogen and oxygen atoms in total. The molecule has 0 aliphatic carbocycles. The van der Waals surface area contributed by atoms with Gasteiger partial charge >= 0.3 is 0 Å². The van der Waals surface area contributed by atoms with Crippen molar-refractivity contribution in [2.24, 2.45) is 5.73 Å². The summed E-state index contributed by atoms with van der Waals surface area (Å²) in [5.41, 5.74) is 5.74. The molecule has 0 aromatic heterocycles. The molecule has 3 amide bonds. The summed E-state index contributed by atoms with van der Waals surface area (Å²) < 4.78 is 0. The Balaban J connectivity index is 2.10. The number of nitrogens with zero attached hydrogens (tertiary/aromatic N) is 2. The van der Waals surface area contributed by atoms with Crippen LogP contribution >= 0.6 is 0 Å². The molecule has 157 valence electrons. The Kier molecular flexibility index (Phi) is 7.50. The maximum atomic E-state index is 13.1. The van der Waals surface area contributed by atoms with Crippen molar-refractivity contribution in [3.05, 3.63) is 0 Å². The second-order valence-electron chi connectivity index (χ2n) is 7.49. The SMILES string of the molecule is C[C@@H](O)[C@H](N)C(=O)N1CCC[C@H]1C(=O)N1CCC[C@H]1C(=O)N[C@H]([C]=O)[C@@H](C)O. The Hall–Kier alpha value is -2.04. The molecule has 2 rings (SSSR count). The Bertz CT molecular complexity index is 611. The summed E-state index contributed by atoms with van der Waals surface area (Å²) in [7, 11) is 0. The van der Waals surface area contributed by atoms with Gasteiger partial charge in [-0.1, -0.05) is 0 Å². The summed E-state index contributed by atoms with van der Waals surface area (Å²) in [4.78, 5) is 51.8. The van der Waals surface area contributed by atoms with Crippen LogP contribution in [0.25, 0.3) is 0 Å². The number of aliphatic hydroxyl groups is 2. The topological polar surface area (TPSA) is 153 Å². The molecule has 0 unspecified atom stereocenters. The van der Waals surface area contributed by atoms with Crippen molar-refractivity contribution in [1.29, 1.82) is 0 Å². The van der Waals surface area contributed by atoms with Gasteiger partial charge in [-0.3, -0.25) is 19.2 Å². The van der Waals surface area contributed by atoms with E-state index in [0.717, 1.165) is 0 Å². The minimum Gasteiger partial charge on any atom is -0.391 e. The zero-order valence-corrected chi connectivity index (χ0v) is 16.2. The number of hydrogen-bond donors (Lipinski definition) is 4.